The number of hydrogen-bond donors (Lipinski definition) is 2. The third-order valence-corrected chi connectivity index (χ3v) is 3.95. The predicted octanol–water partition coefficient (Wildman–Crippen LogP) is 4.45. The molecule has 0 aliphatic carbocycles. The number of hydrogen-bond acceptors (Lipinski definition) is 3. The molecule has 0 radical (unpaired) electrons. The van der Waals surface area contributed by atoms with E-state index in [0.717, 1.165) is 34.7 Å². The first-order valence-electron chi connectivity index (χ1n) is 7.63. The Hall–Kier alpha value is -1.77. The van der Waals surface area contributed by atoms with Crippen LogP contribution in [0.15, 0.2) is 30.5 Å². The lowest BCUT2D eigenvalue weighted by Crippen LogP contribution is -2.14. The maximum atomic E-state index is 6.24. The third kappa shape index (κ3) is 3.41. The van der Waals surface area contributed by atoms with Gasteiger partial charge in [-0.3, -0.25) is 4.98 Å². The summed E-state index contributed by atoms with van der Waals surface area (Å²) in [6, 6.07) is 8.02. The highest BCUT2D eigenvalue weighted by Gasteiger charge is 2.08. The molecule has 0 amide bonds. The molecule has 2 aromatic rings. The van der Waals surface area contributed by atoms with Crippen LogP contribution in [0.1, 0.15) is 39.5 Å². The van der Waals surface area contributed by atoms with Gasteiger partial charge in [0.05, 0.1) is 16.9 Å². The van der Waals surface area contributed by atoms with E-state index in [1.165, 1.54) is 25.7 Å². The Kier molecular flexibility index (Phi) is 5.22. The van der Waals surface area contributed by atoms with Crippen LogP contribution in [0.25, 0.3) is 10.9 Å². The van der Waals surface area contributed by atoms with Crippen molar-refractivity contribution in [2.24, 2.45) is 5.92 Å². The average molecular weight is 271 g/mol. The number of aromatic nitrogens is 1. The van der Waals surface area contributed by atoms with E-state index in [1.54, 1.807) is 6.20 Å². The molecule has 3 heteroatoms. The summed E-state index contributed by atoms with van der Waals surface area (Å²) < 4.78 is 0. The first-order chi connectivity index (χ1) is 9.76. The van der Waals surface area contributed by atoms with Crippen LogP contribution in [0, 0.1) is 5.92 Å². The Balaban J connectivity index is 2.07. The maximum Gasteiger partial charge on any atom is 0.0724 e. The van der Waals surface area contributed by atoms with E-state index in [9.17, 15) is 0 Å². The fraction of sp³-hybridized carbons (Fsp3) is 0.471. The second-order valence-corrected chi connectivity index (χ2v) is 5.39. The largest absolute Gasteiger partial charge is 0.397 e. The van der Waals surface area contributed by atoms with Gasteiger partial charge in [-0.05, 0) is 36.6 Å². The minimum Gasteiger partial charge on any atom is -0.397 e. The van der Waals surface area contributed by atoms with E-state index in [1.807, 2.05) is 24.3 Å². The summed E-state index contributed by atoms with van der Waals surface area (Å²) in [5.74, 6) is 0.721. The Labute approximate surface area is 121 Å². The van der Waals surface area contributed by atoms with Crippen LogP contribution in [0.3, 0.4) is 0 Å². The van der Waals surface area contributed by atoms with Gasteiger partial charge in [0.1, 0.15) is 0 Å². The second kappa shape index (κ2) is 7.13. The van der Waals surface area contributed by atoms with Crippen LogP contribution in [-0.2, 0) is 0 Å². The molecule has 1 unspecified atom stereocenters. The van der Waals surface area contributed by atoms with Gasteiger partial charge < -0.3 is 11.1 Å². The van der Waals surface area contributed by atoms with E-state index in [-0.39, 0.29) is 0 Å². The molecule has 0 bridgehead atoms. The number of nitrogens with zero attached hydrogens (tertiary/aromatic N) is 1. The van der Waals surface area contributed by atoms with Gasteiger partial charge in [-0.15, -0.1) is 0 Å². The lowest BCUT2D eigenvalue weighted by Gasteiger charge is -2.17. The first kappa shape index (κ1) is 14.6. The van der Waals surface area contributed by atoms with E-state index in [0.29, 0.717) is 0 Å². The van der Waals surface area contributed by atoms with Gasteiger partial charge in [0, 0.05) is 18.1 Å². The fourth-order valence-electron chi connectivity index (χ4n) is 2.53. The highest BCUT2D eigenvalue weighted by atomic mass is 14.9. The molecule has 0 saturated carbocycles. The highest BCUT2D eigenvalue weighted by molar-refractivity contribution is 5.96. The zero-order chi connectivity index (χ0) is 14.4. The number of unbranched alkanes of at least 4 members (excludes halogenated alkanes) is 1. The number of benzene rings is 1. The Morgan fingerprint density at radius 1 is 1.25 bits per heavy atom. The monoisotopic (exact) mass is 271 g/mol. The van der Waals surface area contributed by atoms with Crippen LogP contribution in [0.2, 0.25) is 0 Å². The molecule has 20 heavy (non-hydrogen) atoms. The smallest absolute Gasteiger partial charge is 0.0724 e. The lowest BCUT2D eigenvalue weighted by molar-refractivity contribution is 0.473. The Bertz CT molecular complexity index is 551. The zero-order valence-electron chi connectivity index (χ0n) is 12.5. The molecule has 0 aliphatic rings. The second-order valence-electron chi connectivity index (χ2n) is 5.39. The number of nitrogen functional groups attached to an aromatic ring is 1. The number of fused-ring (bicyclic) bond motifs is 1. The molecular weight excluding hydrogens is 246 g/mol. The molecule has 0 spiro atoms. The predicted molar refractivity (Wildman–Crippen MR) is 88.0 cm³/mol. The van der Waals surface area contributed by atoms with Crippen molar-refractivity contribution < 1.29 is 0 Å². The van der Waals surface area contributed by atoms with Crippen molar-refractivity contribution in [3.8, 4) is 0 Å². The number of rotatable bonds is 7. The van der Waals surface area contributed by atoms with Crippen LogP contribution >= 0.6 is 0 Å². The van der Waals surface area contributed by atoms with Gasteiger partial charge in [0.25, 0.3) is 0 Å². The summed E-state index contributed by atoms with van der Waals surface area (Å²) in [4.78, 5) is 4.33. The van der Waals surface area contributed by atoms with Gasteiger partial charge in [0.15, 0.2) is 0 Å². The molecule has 1 aromatic heterocycles. The van der Waals surface area contributed by atoms with Crippen LogP contribution < -0.4 is 11.1 Å². The Morgan fingerprint density at radius 2 is 2.10 bits per heavy atom. The molecular formula is C17H25N3. The molecule has 0 fully saturated rings. The highest BCUT2D eigenvalue weighted by Crippen LogP contribution is 2.27. The van der Waals surface area contributed by atoms with Crippen LogP contribution in [0.4, 0.5) is 11.4 Å². The minimum atomic E-state index is 0.721. The molecule has 0 aliphatic heterocycles. The average Bonchev–Trinajstić information content (AvgIpc) is 2.49. The number of nitrogens with one attached hydrogen (secondary N) is 1. The molecule has 1 heterocycles. The zero-order valence-corrected chi connectivity index (χ0v) is 12.5. The van der Waals surface area contributed by atoms with Crippen molar-refractivity contribution in [3.63, 3.8) is 0 Å². The number of anilines is 2. The topological polar surface area (TPSA) is 50.9 Å². The summed E-state index contributed by atoms with van der Waals surface area (Å²) >= 11 is 0. The van der Waals surface area contributed by atoms with E-state index >= 15 is 0 Å². The summed E-state index contributed by atoms with van der Waals surface area (Å²) in [6.07, 6.45) is 6.86. The summed E-state index contributed by atoms with van der Waals surface area (Å²) in [6.45, 7) is 5.50. The molecule has 3 N–H and O–H groups in total. The minimum absolute atomic E-state index is 0.721. The molecule has 0 saturated heterocycles. The van der Waals surface area contributed by atoms with E-state index in [2.05, 4.69) is 24.1 Å². The van der Waals surface area contributed by atoms with Crippen molar-refractivity contribution in [3.05, 3.63) is 30.5 Å². The summed E-state index contributed by atoms with van der Waals surface area (Å²) in [5, 5.41) is 4.54. The molecule has 1 atom stereocenters. The summed E-state index contributed by atoms with van der Waals surface area (Å²) in [5.41, 5.74) is 9.03. The SMILES string of the molecule is CCCCC(CC)CNc1ccc2ncccc2c1N. The van der Waals surface area contributed by atoms with Crippen molar-refractivity contribution in [2.45, 2.75) is 39.5 Å². The van der Waals surface area contributed by atoms with Gasteiger partial charge >= 0.3 is 0 Å². The molecule has 108 valence electrons. The molecule has 1 aromatic carbocycles. The van der Waals surface area contributed by atoms with Crippen molar-refractivity contribution >= 4 is 22.3 Å². The van der Waals surface area contributed by atoms with Gasteiger partial charge in [0.2, 0.25) is 0 Å². The first-order valence-corrected chi connectivity index (χ1v) is 7.63. The third-order valence-electron chi connectivity index (χ3n) is 3.95. The number of pyridine rings is 1. The van der Waals surface area contributed by atoms with Crippen molar-refractivity contribution in [1.82, 2.24) is 4.98 Å². The van der Waals surface area contributed by atoms with Crippen molar-refractivity contribution in [1.29, 1.82) is 0 Å². The Morgan fingerprint density at radius 3 is 2.85 bits per heavy atom. The standard InChI is InChI=1S/C17H25N3/c1-3-5-7-13(4-2)12-20-16-10-9-15-14(17(16)18)8-6-11-19-15/h6,8-11,13,20H,3-5,7,12,18H2,1-2H3. The maximum absolute atomic E-state index is 6.24. The van der Waals surface area contributed by atoms with Gasteiger partial charge in [-0.1, -0.05) is 33.1 Å². The lowest BCUT2D eigenvalue weighted by atomic mass is 9.99. The van der Waals surface area contributed by atoms with E-state index in [4.69, 9.17) is 5.73 Å². The molecule has 3 nitrogen and oxygen atoms in total. The van der Waals surface area contributed by atoms with Crippen LogP contribution in [-0.4, -0.2) is 11.5 Å². The quantitative estimate of drug-likeness (QED) is 0.732. The fourth-order valence-corrected chi connectivity index (χ4v) is 2.53. The molecule has 2 rings (SSSR count). The summed E-state index contributed by atoms with van der Waals surface area (Å²) in [7, 11) is 0. The van der Waals surface area contributed by atoms with Gasteiger partial charge in [-0.25, -0.2) is 0 Å². The van der Waals surface area contributed by atoms with Crippen LogP contribution in [0.5, 0.6) is 0 Å². The number of nitrogens with two attached hydrogens (primary N) is 1. The van der Waals surface area contributed by atoms with Crippen molar-refractivity contribution in [2.75, 3.05) is 17.6 Å². The normalized spacial score (nSPS) is 12.5. The van der Waals surface area contributed by atoms with E-state index < -0.39 is 0 Å². The van der Waals surface area contributed by atoms with Gasteiger partial charge in [-0.2, -0.15) is 0 Å².